The van der Waals surface area contributed by atoms with Crippen LogP contribution in [0, 0.1) is 0 Å². The summed E-state index contributed by atoms with van der Waals surface area (Å²) in [7, 11) is 0. The molecule has 0 aliphatic heterocycles. The highest BCUT2D eigenvalue weighted by Gasteiger charge is 2.04. The van der Waals surface area contributed by atoms with Gasteiger partial charge in [0, 0.05) is 11.8 Å². The summed E-state index contributed by atoms with van der Waals surface area (Å²) in [6.07, 6.45) is 3.28. The van der Waals surface area contributed by atoms with Gasteiger partial charge in [-0.3, -0.25) is 5.10 Å². The Morgan fingerprint density at radius 1 is 0.882 bits per heavy atom. The number of rotatable bonds is 2. The van der Waals surface area contributed by atoms with Crippen LogP contribution < -0.4 is 0 Å². The van der Waals surface area contributed by atoms with Crippen molar-refractivity contribution in [3.63, 3.8) is 0 Å². The van der Waals surface area contributed by atoms with E-state index in [1.165, 1.54) is 0 Å². The van der Waals surface area contributed by atoms with E-state index in [1.54, 1.807) is 12.5 Å². The summed E-state index contributed by atoms with van der Waals surface area (Å²) in [5.74, 6) is 0. The third kappa shape index (κ3) is 1.92. The van der Waals surface area contributed by atoms with Crippen molar-refractivity contribution in [3.8, 4) is 22.6 Å². The summed E-state index contributed by atoms with van der Waals surface area (Å²) in [6, 6.07) is 13.9. The number of benzene rings is 1. The summed E-state index contributed by atoms with van der Waals surface area (Å²) < 4.78 is 0. The third-order valence-electron chi connectivity index (χ3n) is 2.51. The van der Waals surface area contributed by atoms with Gasteiger partial charge in [-0.1, -0.05) is 30.3 Å². The first-order valence-electron chi connectivity index (χ1n) is 5.31. The summed E-state index contributed by atoms with van der Waals surface area (Å²) in [6.45, 7) is 0. The first kappa shape index (κ1) is 9.72. The fourth-order valence-corrected chi connectivity index (χ4v) is 1.67. The van der Waals surface area contributed by atoms with Gasteiger partial charge in [0.1, 0.15) is 6.33 Å². The van der Waals surface area contributed by atoms with E-state index in [4.69, 9.17) is 0 Å². The monoisotopic (exact) mass is 222 g/mol. The van der Waals surface area contributed by atoms with Crippen molar-refractivity contribution in [3.05, 3.63) is 55.0 Å². The molecule has 3 rings (SSSR count). The van der Waals surface area contributed by atoms with Crippen LogP contribution in [0.15, 0.2) is 55.0 Å². The Balaban J connectivity index is 2.06. The highest BCUT2D eigenvalue weighted by atomic mass is 15.1. The van der Waals surface area contributed by atoms with Gasteiger partial charge < -0.3 is 0 Å². The van der Waals surface area contributed by atoms with Crippen molar-refractivity contribution < 1.29 is 0 Å². The molecule has 0 fully saturated rings. The number of hydrogen-bond donors (Lipinski definition) is 1. The lowest BCUT2D eigenvalue weighted by atomic mass is 10.1. The lowest BCUT2D eigenvalue weighted by molar-refractivity contribution is 1.08. The number of hydrogen-bond acceptors (Lipinski definition) is 3. The van der Waals surface area contributed by atoms with Crippen LogP contribution in [0.25, 0.3) is 22.6 Å². The van der Waals surface area contributed by atoms with Crippen molar-refractivity contribution in [2.75, 3.05) is 0 Å². The fourth-order valence-electron chi connectivity index (χ4n) is 1.67. The average Bonchev–Trinajstić information content (AvgIpc) is 2.94. The maximum atomic E-state index is 4.27. The Morgan fingerprint density at radius 2 is 1.71 bits per heavy atom. The minimum absolute atomic E-state index is 0.844. The number of nitrogens with zero attached hydrogens (tertiary/aromatic N) is 3. The number of nitrogens with one attached hydrogen (secondary N) is 1. The summed E-state index contributed by atoms with van der Waals surface area (Å²) in [5, 5.41) is 6.81. The molecule has 4 heteroatoms. The van der Waals surface area contributed by atoms with Crippen molar-refractivity contribution in [2.24, 2.45) is 0 Å². The molecule has 0 spiro atoms. The zero-order chi connectivity index (χ0) is 11.5. The first-order valence-corrected chi connectivity index (χ1v) is 5.31. The van der Waals surface area contributed by atoms with Gasteiger partial charge in [0.05, 0.1) is 17.1 Å². The fraction of sp³-hybridized carbons (Fsp3) is 0. The number of H-pyrrole nitrogens is 1. The second kappa shape index (κ2) is 4.17. The van der Waals surface area contributed by atoms with Crippen LogP contribution in [0.5, 0.6) is 0 Å². The molecule has 0 bridgehead atoms. The van der Waals surface area contributed by atoms with E-state index >= 15 is 0 Å². The van der Waals surface area contributed by atoms with Gasteiger partial charge in [0.2, 0.25) is 0 Å². The molecule has 2 heterocycles. The highest BCUT2D eigenvalue weighted by Crippen LogP contribution is 2.20. The molecule has 17 heavy (non-hydrogen) atoms. The lowest BCUT2D eigenvalue weighted by Gasteiger charge is -2.01. The highest BCUT2D eigenvalue weighted by molar-refractivity contribution is 5.65. The second-order valence-electron chi connectivity index (χ2n) is 3.62. The second-order valence-corrected chi connectivity index (χ2v) is 3.62. The molecule has 0 aliphatic rings. The maximum Gasteiger partial charge on any atom is 0.116 e. The zero-order valence-electron chi connectivity index (χ0n) is 9.04. The molecule has 0 saturated carbocycles. The van der Waals surface area contributed by atoms with E-state index in [2.05, 4.69) is 20.2 Å². The maximum absolute atomic E-state index is 4.27. The molecule has 0 atom stereocenters. The van der Waals surface area contributed by atoms with Crippen LogP contribution in [0.2, 0.25) is 0 Å². The smallest absolute Gasteiger partial charge is 0.116 e. The summed E-state index contributed by atoms with van der Waals surface area (Å²) >= 11 is 0. The molecule has 0 aliphatic carbocycles. The van der Waals surface area contributed by atoms with Gasteiger partial charge in [0.15, 0.2) is 0 Å². The van der Waals surface area contributed by atoms with Crippen LogP contribution in [-0.2, 0) is 0 Å². The lowest BCUT2D eigenvalue weighted by Crippen LogP contribution is -1.89. The number of aromatic amines is 1. The van der Waals surface area contributed by atoms with E-state index in [1.807, 2.05) is 42.5 Å². The van der Waals surface area contributed by atoms with Crippen LogP contribution in [-0.4, -0.2) is 20.2 Å². The predicted octanol–water partition coefficient (Wildman–Crippen LogP) is 2.53. The van der Waals surface area contributed by atoms with Crippen LogP contribution in [0.1, 0.15) is 0 Å². The van der Waals surface area contributed by atoms with E-state index < -0.39 is 0 Å². The van der Waals surface area contributed by atoms with Crippen molar-refractivity contribution in [2.45, 2.75) is 0 Å². The summed E-state index contributed by atoms with van der Waals surface area (Å²) in [5.41, 5.74) is 3.72. The van der Waals surface area contributed by atoms with E-state index in [9.17, 15) is 0 Å². The minimum atomic E-state index is 0.844. The molecular weight excluding hydrogens is 212 g/mol. The third-order valence-corrected chi connectivity index (χ3v) is 2.51. The van der Waals surface area contributed by atoms with Gasteiger partial charge in [-0.05, 0) is 12.1 Å². The quantitative estimate of drug-likeness (QED) is 0.724. The van der Waals surface area contributed by atoms with E-state index in [0.29, 0.717) is 0 Å². The van der Waals surface area contributed by atoms with Gasteiger partial charge in [-0.25, -0.2) is 9.97 Å². The molecule has 0 unspecified atom stereocenters. The van der Waals surface area contributed by atoms with Gasteiger partial charge in [-0.2, -0.15) is 5.10 Å². The first-order chi connectivity index (χ1) is 8.43. The Hall–Kier alpha value is -2.49. The van der Waals surface area contributed by atoms with Crippen LogP contribution in [0.4, 0.5) is 0 Å². The van der Waals surface area contributed by atoms with E-state index in [0.717, 1.165) is 22.6 Å². The largest absolute Gasteiger partial charge is 0.276 e. The predicted molar refractivity (Wildman–Crippen MR) is 65.0 cm³/mol. The molecule has 0 amide bonds. The Bertz CT molecular complexity index is 602. The van der Waals surface area contributed by atoms with Gasteiger partial charge in [-0.15, -0.1) is 0 Å². The van der Waals surface area contributed by atoms with Gasteiger partial charge in [0.25, 0.3) is 0 Å². The van der Waals surface area contributed by atoms with Crippen molar-refractivity contribution >= 4 is 0 Å². The molecule has 1 N–H and O–H groups in total. The van der Waals surface area contributed by atoms with Crippen molar-refractivity contribution in [1.29, 1.82) is 0 Å². The molecular formula is C13H10N4. The minimum Gasteiger partial charge on any atom is -0.276 e. The van der Waals surface area contributed by atoms with Crippen molar-refractivity contribution in [1.82, 2.24) is 20.2 Å². The molecule has 0 saturated heterocycles. The molecule has 82 valence electrons. The topological polar surface area (TPSA) is 54.5 Å². The van der Waals surface area contributed by atoms with Gasteiger partial charge >= 0.3 is 0 Å². The molecule has 3 aromatic rings. The molecule has 4 nitrogen and oxygen atoms in total. The standard InChI is InChI=1S/C13H10N4/c1-2-4-10(5-3-1)12-8-13(15-9-14-12)11-6-7-16-17-11/h1-9H,(H,16,17). The number of aromatic nitrogens is 4. The summed E-state index contributed by atoms with van der Waals surface area (Å²) in [4.78, 5) is 8.50. The molecule has 0 radical (unpaired) electrons. The van der Waals surface area contributed by atoms with Crippen LogP contribution in [0.3, 0.4) is 0 Å². The Labute approximate surface area is 98.4 Å². The van der Waals surface area contributed by atoms with Crippen LogP contribution >= 0.6 is 0 Å². The molecule has 1 aromatic carbocycles. The zero-order valence-corrected chi connectivity index (χ0v) is 9.04. The Kier molecular flexibility index (Phi) is 2.38. The average molecular weight is 222 g/mol. The molecule has 2 aromatic heterocycles. The van der Waals surface area contributed by atoms with E-state index in [-0.39, 0.29) is 0 Å². The normalized spacial score (nSPS) is 10.4. The SMILES string of the molecule is c1ccc(-c2cc(-c3ccn[nH]3)ncn2)cc1. The Morgan fingerprint density at radius 3 is 2.47 bits per heavy atom.